The highest BCUT2D eigenvalue weighted by Crippen LogP contribution is 2.29. The first kappa shape index (κ1) is 14.8. The molecular weight excluding hydrogens is 303 g/mol. The van der Waals surface area contributed by atoms with E-state index in [0.29, 0.717) is 15.6 Å². The molecule has 0 aromatic heterocycles. The lowest BCUT2D eigenvalue weighted by Gasteiger charge is -2.35. The number of amides is 3. The number of carbonyl (C=O) groups excluding carboxylic acids is 2. The first-order valence-electron chi connectivity index (χ1n) is 5.73. The highest BCUT2D eigenvalue weighted by Gasteiger charge is 2.37. The number of aliphatic hydroxyl groups is 1. The van der Waals surface area contributed by atoms with Crippen LogP contribution in [0.15, 0.2) is 23.8 Å². The quantitative estimate of drug-likeness (QED) is 0.808. The Morgan fingerprint density at radius 3 is 2.30 bits per heavy atom. The molecule has 5 nitrogen and oxygen atoms in total. The number of hydrogen-bond donors (Lipinski definition) is 1. The van der Waals surface area contributed by atoms with Gasteiger partial charge in [0.25, 0.3) is 5.91 Å². The minimum atomic E-state index is -1.33. The fourth-order valence-electron chi connectivity index (χ4n) is 1.88. The minimum Gasteiger partial charge on any atom is -0.369 e. The van der Waals surface area contributed by atoms with Crippen molar-refractivity contribution in [1.29, 1.82) is 0 Å². The van der Waals surface area contributed by atoms with E-state index in [-0.39, 0.29) is 5.57 Å². The Morgan fingerprint density at radius 1 is 1.20 bits per heavy atom. The van der Waals surface area contributed by atoms with Crippen molar-refractivity contribution in [2.45, 2.75) is 6.23 Å². The van der Waals surface area contributed by atoms with E-state index in [1.165, 1.54) is 20.2 Å². The summed E-state index contributed by atoms with van der Waals surface area (Å²) in [6.45, 7) is 0. The van der Waals surface area contributed by atoms with Crippen molar-refractivity contribution >= 4 is 41.2 Å². The fraction of sp³-hybridized carbons (Fsp3) is 0.231. The van der Waals surface area contributed by atoms with Gasteiger partial charge in [-0.2, -0.15) is 0 Å². The van der Waals surface area contributed by atoms with Crippen LogP contribution in [0.5, 0.6) is 0 Å². The Balaban J connectivity index is 2.52. The maximum absolute atomic E-state index is 12.1. The van der Waals surface area contributed by atoms with Crippen LogP contribution in [0.1, 0.15) is 5.56 Å². The number of imide groups is 1. The zero-order chi connectivity index (χ0) is 15.0. The molecule has 1 aliphatic rings. The Morgan fingerprint density at radius 2 is 1.75 bits per heavy atom. The second-order valence-electron chi connectivity index (χ2n) is 4.37. The van der Waals surface area contributed by atoms with Crippen molar-refractivity contribution in [1.82, 2.24) is 9.80 Å². The maximum atomic E-state index is 12.1. The zero-order valence-electron chi connectivity index (χ0n) is 10.8. The van der Waals surface area contributed by atoms with E-state index >= 15 is 0 Å². The molecule has 1 aromatic rings. The van der Waals surface area contributed by atoms with E-state index in [4.69, 9.17) is 23.2 Å². The van der Waals surface area contributed by atoms with Crippen molar-refractivity contribution in [2.75, 3.05) is 14.1 Å². The van der Waals surface area contributed by atoms with Gasteiger partial charge >= 0.3 is 6.03 Å². The van der Waals surface area contributed by atoms with Gasteiger partial charge in [-0.3, -0.25) is 14.6 Å². The fourth-order valence-corrected chi connectivity index (χ4v) is 2.39. The highest BCUT2D eigenvalue weighted by molar-refractivity contribution is 6.37. The smallest absolute Gasteiger partial charge is 0.328 e. The summed E-state index contributed by atoms with van der Waals surface area (Å²) in [5, 5.41) is 10.8. The zero-order valence-corrected chi connectivity index (χ0v) is 12.3. The summed E-state index contributed by atoms with van der Waals surface area (Å²) < 4.78 is 0. The molecule has 1 aromatic carbocycles. The number of likely N-dealkylation sites (N-methyl/N-ethyl adjacent to an activating group) is 2. The molecule has 0 saturated carbocycles. The van der Waals surface area contributed by atoms with Gasteiger partial charge in [-0.25, -0.2) is 4.79 Å². The number of benzene rings is 1. The Kier molecular flexibility index (Phi) is 4.04. The van der Waals surface area contributed by atoms with Crippen molar-refractivity contribution in [3.63, 3.8) is 0 Å². The number of hydrogen-bond acceptors (Lipinski definition) is 3. The minimum absolute atomic E-state index is 0.0320. The van der Waals surface area contributed by atoms with Crippen LogP contribution in [0, 0.1) is 0 Å². The van der Waals surface area contributed by atoms with E-state index in [1.54, 1.807) is 18.2 Å². The molecule has 0 radical (unpaired) electrons. The average molecular weight is 315 g/mol. The molecule has 1 heterocycles. The third-order valence-electron chi connectivity index (χ3n) is 3.08. The summed E-state index contributed by atoms with van der Waals surface area (Å²) in [6, 6.07) is 4.34. The number of carbonyl (C=O) groups is 2. The lowest BCUT2D eigenvalue weighted by molar-refractivity contribution is -0.128. The first-order valence-corrected chi connectivity index (χ1v) is 6.48. The molecule has 3 amide bonds. The molecule has 2 rings (SSSR count). The van der Waals surface area contributed by atoms with Crippen molar-refractivity contribution in [3.8, 4) is 0 Å². The normalized spacial score (nSPS) is 21.9. The molecule has 1 saturated heterocycles. The van der Waals surface area contributed by atoms with Crippen LogP contribution in [-0.2, 0) is 4.79 Å². The molecule has 1 aliphatic heterocycles. The molecule has 1 N–H and O–H groups in total. The van der Waals surface area contributed by atoms with Crippen molar-refractivity contribution in [2.24, 2.45) is 0 Å². The van der Waals surface area contributed by atoms with E-state index in [0.717, 1.165) is 9.80 Å². The highest BCUT2D eigenvalue weighted by atomic mass is 35.5. The third kappa shape index (κ3) is 2.40. The van der Waals surface area contributed by atoms with Crippen molar-refractivity contribution < 1.29 is 14.7 Å². The second-order valence-corrected chi connectivity index (χ2v) is 5.18. The summed E-state index contributed by atoms with van der Waals surface area (Å²) in [7, 11) is 2.74. The molecule has 1 unspecified atom stereocenters. The predicted molar refractivity (Wildman–Crippen MR) is 76.4 cm³/mol. The van der Waals surface area contributed by atoms with Crippen LogP contribution in [0.25, 0.3) is 6.08 Å². The van der Waals surface area contributed by atoms with Crippen LogP contribution >= 0.6 is 23.2 Å². The summed E-state index contributed by atoms with van der Waals surface area (Å²) in [4.78, 5) is 25.7. The van der Waals surface area contributed by atoms with Gasteiger partial charge in [0, 0.05) is 29.7 Å². The van der Waals surface area contributed by atoms with Gasteiger partial charge in [0.05, 0.1) is 5.57 Å². The van der Waals surface area contributed by atoms with E-state index in [9.17, 15) is 14.7 Å². The summed E-state index contributed by atoms with van der Waals surface area (Å²) in [6.07, 6.45) is 0.0652. The van der Waals surface area contributed by atoms with Gasteiger partial charge in [-0.15, -0.1) is 0 Å². The van der Waals surface area contributed by atoms with Crippen LogP contribution in [0.4, 0.5) is 4.79 Å². The van der Waals surface area contributed by atoms with Gasteiger partial charge in [-0.1, -0.05) is 29.3 Å². The van der Waals surface area contributed by atoms with Crippen LogP contribution in [0.3, 0.4) is 0 Å². The Labute approximate surface area is 126 Å². The topological polar surface area (TPSA) is 60.9 Å². The molecule has 0 bridgehead atoms. The maximum Gasteiger partial charge on any atom is 0.328 e. The SMILES string of the molecule is CN1C(=O)/C(=C/c2c(Cl)cccc2Cl)C(O)N(C)C1=O. The van der Waals surface area contributed by atoms with E-state index < -0.39 is 18.2 Å². The number of nitrogens with zero attached hydrogens (tertiary/aromatic N) is 2. The predicted octanol–water partition coefficient (Wildman–Crippen LogP) is 2.22. The number of rotatable bonds is 1. The summed E-state index contributed by atoms with van der Waals surface area (Å²) >= 11 is 12.1. The standard InChI is InChI=1S/C13H12Cl2N2O3/c1-16-11(18)8(12(19)17(2)13(16)20)6-7-9(14)4-3-5-10(7)15/h3-6,11,18H,1-2H3/b8-6+. The Hall–Kier alpha value is -1.56. The van der Waals surface area contributed by atoms with Gasteiger partial charge in [0.2, 0.25) is 0 Å². The van der Waals surface area contributed by atoms with Crippen LogP contribution in [0.2, 0.25) is 10.0 Å². The van der Waals surface area contributed by atoms with Crippen LogP contribution < -0.4 is 0 Å². The molecular formula is C13H12Cl2N2O3. The summed E-state index contributed by atoms with van der Waals surface area (Å²) in [5.41, 5.74) is 0.457. The van der Waals surface area contributed by atoms with E-state index in [2.05, 4.69) is 0 Å². The molecule has 1 atom stereocenters. The summed E-state index contributed by atoms with van der Waals surface area (Å²) in [5.74, 6) is -0.586. The van der Waals surface area contributed by atoms with Gasteiger partial charge in [0.15, 0.2) is 6.23 Å². The molecule has 1 fully saturated rings. The van der Waals surface area contributed by atoms with Crippen molar-refractivity contribution in [3.05, 3.63) is 39.4 Å². The third-order valence-corrected chi connectivity index (χ3v) is 3.74. The molecule has 20 heavy (non-hydrogen) atoms. The molecule has 0 aliphatic carbocycles. The molecule has 0 spiro atoms. The lowest BCUT2D eigenvalue weighted by Crippen LogP contribution is -2.55. The first-order chi connectivity index (χ1) is 9.34. The molecule has 106 valence electrons. The lowest BCUT2D eigenvalue weighted by atomic mass is 10.1. The number of halogens is 2. The molecule has 7 heteroatoms. The van der Waals surface area contributed by atoms with E-state index in [1.807, 2.05) is 0 Å². The second kappa shape index (κ2) is 5.44. The van der Waals surface area contributed by atoms with Gasteiger partial charge in [0.1, 0.15) is 0 Å². The van der Waals surface area contributed by atoms with Gasteiger partial charge in [-0.05, 0) is 18.2 Å². The average Bonchev–Trinajstić information content (AvgIpc) is 2.42. The number of aliphatic hydroxyl groups excluding tert-OH is 1. The van der Waals surface area contributed by atoms with Crippen LogP contribution in [-0.4, -0.2) is 47.2 Å². The largest absolute Gasteiger partial charge is 0.369 e. The monoisotopic (exact) mass is 314 g/mol. The van der Waals surface area contributed by atoms with Gasteiger partial charge < -0.3 is 5.11 Å². The number of urea groups is 1. The Bertz CT molecular complexity index is 595.